The van der Waals surface area contributed by atoms with Crippen molar-refractivity contribution in [2.24, 2.45) is 5.41 Å². The highest BCUT2D eigenvalue weighted by Gasteiger charge is 2.61. The van der Waals surface area contributed by atoms with Gasteiger partial charge in [0.1, 0.15) is 17.0 Å². The quantitative estimate of drug-likeness (QED) is 0.353. The van der Waals surface area contributed by atoms with E-state index in [4.69, 9.17) is 34.8 Å². The molecule has 1 aliphatic heterocycles. The standard InChI is InChI=1S/C27H24Cl3F2N5O/c1-26(2,3)12-19-27(13-33,16-8-7-14(28)11-18(16)31)22(15-5-4-6-17(29)23(15)32)24(34-19)25(38)35-21-10-9-20(30)36-37-21/h4-11,19,22,24,34H,12H2,1-3H3,(H,35,37,38). The second-order valence-corrected chi connectivity index (χ2v) is 11.6. The zero-order valence-electron chi connectivity index (χ0n) is 20.7. The number of aromatic nitrogens is 2. The first-order valence-electron chi connectivity index (χ1n) is 11.7. The summed E-state index contributed by atoms with van der Waals surface area (Å²) >= 11 is 18.0. The van der Waals surface area contributed by atoms with Gasteiger partial charge in [-0.2, -0.15) is 5.26 Å². The van der Waals surface area contributed by atoms with Gasteiger partial charge in [0.25, 0.3) is 0 Å². The summed E-state index contributed by atoms with van der Waals surface area (Å²) in [5.74, 6) is -3.23. The van der Waals surface area contributed by atoms with Crippen LogP contribution in [0.15, 0.2) is 48.5 Å². The Kier molecular flexibility index (Phi) is 7.96. The summed E-state index contributed by atoms with van der Waals surface area (Å²) in [6.07, 6.45) is 0.353. The van der Waals surface area contributed by atoms with Crippen molar-refractivity contribution in [1.82, 2.24) is 15.5 Å². The third-order valence-electron chi connectivity index (χ3n) is 6.61. The molecule has 0 aliphatic carbocycles. The van der Waals surface area contributed by atoms with Crippen LogP contribution in [0.4, 0.5) is 14.6 Å². The maximum absolute atomic E-state index is 15.6. The topological polar surface area (TPSA) is 90.7 Å². The van der Waals surface area contributed by atoms with Crippen molar-refractivity contribution >= 4 is 46.5 Å². The van der Waals surface area contributed by atoms with Crippen LogP contribution < -0.4 is 10.6 Å². The number of hydrogen-bond acceptors (Lipinski definition) is 5. The average molecular weight is 579 g/mol. The van der Waals surface area contributed by atoms with Crippen molar-refractivity contribution in [1.29, 1.82) is 5.26 Å². The monoisotopic (exact) mass is 577 g/mol. The summed E-state index contributed by atoms with van der Waals surface area (Å²) in [6.45, 7) is 5.88. The molecule has 1 aliphatic rings. The lowest BCUT2D eigenvalue weighted by molar-refractivity contribution is -0.118. The number of carbonyl (C=O) groups is 1. The highest BCUT2D eigenvalue weighted by Crippen LogP contribution is 2.52. The van der Waals surface area contributed by atoms with Crippen LogP contribution in [-0.2, 0) is 10.2 Å². The van der Waals surface area contributed by atoms with Gasteiger partial charge in [0.05, 0.1) is 17.1 Å². The Balaban J connectivity index is 1.96. The molecular formula is C27H24Cl3F2N5O. The van der Waals surface area contributed by atoms with Gasteiger partial charge in [-0.05, 0) is 47.7 Å². The zero-order chi connectivity index (χ0) is 27.8. The first-order chi connectivity index (χ1) is 17.9. The molecule has 3 aromatic rings. The summed E-state index contributed by atoms with van der Waals surface area (Å²) in [7, 11) is 0. The molecule has 0 saturated carbocycles. The van der Waals surface area contributed by atoms with E-state index in [0.717, 1.165) is 6.07 Å². The Labute approximate surface area is 234 Å². The molecule has 1 fully saturated rings. The summed E-state index contributed by atoms with van der Waals surface area (Å²) in [6, 6.07) is 11.6. The van der Waals surface area contributed by atoms with Crippen LogP contribution >= 0.6 is 34.8 Å². The molecule has 0 radical (unpaired) electrons. The summed E-state index contributed by atoms with van der Waals surface area (Å²) in [5, 5.41) is 24.4. The largest absolute Gasteiger partial charge is 0.308 e. The number of anilines is 1. The van der Waals surface area contributed by atoms with Crippen molar-refractivity contribution in [3.8, 4) is 6.07 Å². The molecule has 2 N–H and O–H groups in total. The Morgan fingerprint density at radius 1 is 1.13 bits per heavy atom. The Bertz CT molecular complexity index is 1410. The lowest BCUT2D eigenvalue weighted by atomic mass is 9.62. The Hall–Kier alpha value is -2.83. The van der Waals surface area contributed by atoms with E-state index in [0.29, 0.717) is 6.42 Å². The van der Waals surface area contributed by atoms with E-state index >= 15 is 8.78 Å². The lowest BCUT2D eigenvalue weighted by Crippen LogP contribution is -2.45. The molecule has 38 heavy (non-hydrogen) atoms. The normalized spacial score (nSPS) is 23.2. The molecule has 2 heterocycles. The molecule has 1 amide bonds. The van der Waals surface area contributed by atoms with Crippen LogP contribution in [0.3, 0.4) is 0 Å². The minimum atomic E-state index is -1.72. The third kappa shape index (κ3) is 5.34. The SMILES string of the molecule is CC(C)(C)CC1NC(C(=O)Nc2ccc(Cl)nn2)C(c2cccc(Cl)c2F)C1(C#N)c1ccc(Cl)cc1F. The van der Waals surface area contributed by atoms with Crippen LogP contribution in [0.25, 0.3) is 0 Å². The second-order valence-electron chi connectivity index (χ2n) is 10.4. The van der Waals surface area contributed by atoms with E-state index in [2.05, 4.69) is 26.9 Å². The summed E-state index contributed by atoms with van der Waals surface area (Å²) in [4.78, 5) is 13.7. The van der Waals surface area contributed by atoms with Gasteiger partial charge in [-0.1, -0.05) is 73.8 Å². The minimum Gasteiger partial charge on any atom is -0.308 e. The highest BCUT2D eigenvalue weighted by molar-refractivity contribution is 6.31. The van der Waals surface area contributed by atoms with Gasteiger partial charge >= 0.3 is 0 Å². The Morgan fingerprint density at radius 2 is 1.87 bits per heavy atom. The number of nitrogens with zero attached hydrogens (tertiary/aromatic N) is 3. The molecule has 1 aromatic heterocycles. The molecule has 4 rings (SSSR count). The zero-order valence-corrected chi connectivity index (χ0v) is 23.0. The number of amides is 1. The van der Waals surface area contributed by atoms with Crippen LogP contribution in [-0.4, -0.2) is 28.2 Å². The number of hydrogen-bond donors (Lipinski definition) is 2. The maximum atomic E-state index is 15.6. The van der Waals surface area contributed by atoms with Gasteiger partial charge in [-0.3, -0.25) is 4.79 Å². The highest BCUT2D eigenvalue weighted by atomic mass is 35.5. The van der Waals surface area contributed by atoms with Crippen LogP contribution in [0, 0.1) is 28.4 Å². The van der Waals surface area contributed by atoms with Gasteiger partial charge in [0.15, 0.2) is 11.0 Å². The van der Waals surface area contributed by atoms with E-state index in [9.17, 15) is 10.1 Å². The predicted molar refractivity (Wildman–Crippen MR) is 143 cm³/mol. The van der Waals surface area contributed by atoms with E-state index in [1.54, 1.807) is 0 Å². The average Bonchev–Trinajstić information content (AvgIpc) is 3.15. The molecule has 2 aromatic carbocycles. The van der Waals surface area contributed by atoms with E-state index in [1.165, 1.54) is 42.5 Å². The first-order valence-corrected chi connectivity index (χ1v) is 12.9. The number of nitrogens with one attached hydrogen (secondary N) is 2. The molecule has 6 nitrogen and oxygen atoms in total. The third-order valence-corrected chi connectivity index (χ3v) is 7.34. The van der Waals surface area contributed by atoms with Crippen molar-refractivity contribution in [3.63, 3.8) is 0 Å². The number of carbonyl (C=O) groups excluding carboxylic acids is 1. The number of benzene rings is 2. The molecule has 0 spiro atoms. The Morgan fingerprint density at radius 3 is 2.47 bits per heavy atom. The van der Waals surface area contributed by atoms with Gasteiger partial charge in [-0.25, -0.2) is 8.78 Å². The molecule has 4 unspecified atom stereocenters. The van der Waals surface area contributed by atoms with Crippen molar-refractivity contribution in [3.05, 3.63) is 86.5 Å². The molecule has 11 heteroatoms. The molecule has 0 bridgehead atoms. The molecule has 198 valence electrons. The second kappa shape index (κ2) is 10.7. The summed E-state index contributed by atoms with van der Waals surface area (Å²) in [5.41, 5.74) is -2.08. The number of rotatable bonds is 5. The van der Waals surface area contributed by atoms with Crippen LogP contribution in [0.2, 0.25) is 15.2 Å². The van der Waals surface area contributed by atoms with Gasteiger partial charge in [0, 0.05) is 22.5 Å². The van der Waals surface area contributed by atoms with Crippen LogP contribution in [0.5, 0.6) is 0 Å². The number of halogens is 5. The van der Waals surface area contributed by atoms with Gasteiger partial charge in [0.2, 0.25) is 5.91 Å². The smallest absolute Gasteiger partial charge is 0.243 e. The van der Waals surface area contributed by atoms with Crippen LogP contribution in [0.1, 0.15) is 44.2 Å². The van der Waals surface area contributed by atoms with E-state index in [1.807, 2.05) is 20.8 Å². The summed E-state index contributed by atoms with van der Waals surface area (Å²) < 4.78 is 31.2. The molecule has 4 atom stereocenters. The molecule has 1 saturated heterocycles. The van der Waals surface area contributed by atoms with Gasteiger partial charge in [-0.15, -0.1) is 10.2 Å². The van der Waals surface area contributed by atoms with Crippen molar-refractivity contribution in [2.45, 2.75) is 50.6 Å². The fraction of sp³-hybridized carbons (Fsp3) is 0.333. The van der Waals surface area contributed by atoms with Crippen molar-refractivity contribution < 1.29 is 13.6 Å². The van der Waals surface area contributed by atoms with E-state index in [-0.39, 0.29) is 37.6 Å². The fourth-order valence-corrected chi connectivity index (χ4v) is 5.58. The lowest BCUT2D eigenvalue weighted by Gasteiger charge is -2.37. The van der Waals surface area contributed by atoms with E-state index < -0.39 is 41.0 Å². The first kappa shape index (κ1) is 28.2. The number of nitriles is 1. The molecular weight excluding hydrogens is 555 g/mol. The maximum Gasteiger partial charge on any atom is 0.243 e. The van der Waals surface area contributed by atoms with Crippen molar-refractivity contribution in [2.75, 3.05) is 5.32 Å². The predicted octanol–water partition coefficient (Wildman–Crippen LogP) is 6.68. The minimum absolute atomic E-state index is 0.000325. The van der Waals surface area contributed by atoms with Gasteiger partial charge < -0.3 is 10.6 Å². The fourth-order valence-electron chi connectivity index (χ4n) is 5.14.